The monoisotopic (exact) mass is 359 g/mol. The Morgan fingerprint density at radius 2 is 1.85 bits per heavy atom. The average molecular weight is 359 g/mol. The van der Waals surface area contributed by atoms with E-state index in [1.54, 1.807) is 10.6 Å². The van der Waals surface area contributed by atoms with Crippen molar-refractivity contribution in [3.8, 4) is 11.4 Å². The van der Waals surface area contributed by atoms with Gasteiger partial charge >= 0.3 is 0 Å². The molecule has 1 amide bonds. The van der Waals surface area contributed by atoms with E-state index in [1.807, 2.05) is 52.0 Å². The van der Waals surface area contributed by atoms with Crippen molar-refractivity contribution in [3.63, 3.8) is 0 Å². The Morgan fingerprint density at radius 1 is 0.963 bits per heavy atom. The first kappa shape index (κ1) is 15.7. The van der Waals surface area contributed by atoms with Crippen molar-refractivity contribution in [2.45, 2.75) is 13.0 Å². The zero-order valence-corrected chi connectivity index (χ0v) is 14.6. The minimum atomic E-state index is -0.0554. The van der Waals surface area contributed by atoms with Crippen LogP contribution < -0.4 is 0 Å². The van der Waals surface area contributed by atoms with Gasteiger partial charge in [-0.1, -0.05) is 36.4 Å². The van der Waals surface area contributed by atoms with Gasteiger partial charge < -0.3 is 4.90 Å². The van der Waals surface area contributed by atoms with E-state index in [0.717, 1.165) is 17.2 Å². The van der Waals surface area contributed by atoms with Gasteiger partial charge in [0, 0.05) is 25.1 Å². The Labute approximate surface area is 155 Å². The summed E-state index contributed by atoms with van der Waals surface area (Å²) < 4.78 is 3.49. The molecule has 8 nitrogen and oxygen atoms in total. The summed E-state index contributed by atoms with van der Waals surface area (Å²) in [6, 6.07) is 15.4. The van der Waals surface area contributed by atoms with Crippen LogP contribution in [0.4, 0.5) is 0 Å². The normalized spacial score (nSPS) is 14.1. The first-order valence-electron chi connectivity index (χ1n) is 8.87. The molecule has 8 heteroatoms. The average Bonchev–Trinajstić information content (AvgIpc) is 3.31. The standard InChI is InChI=1S/C19H17N7O/c27-19(15-7-4-8-16-20-13-21-26(15)16)24-10-9-17-22-18(23-25(17)12-11-24)14-5-2-1-3-6-14/h1-8,13H,9-12H2. The lowest BCUT2D eigenvalue weighted by molar-refractivity contribution is 0.0749. The largest absolute Gasteiger partial charge is 0.335 e. The predicted molar refractivity (Wildman–Crippen MR) is 98.1 cm³/mol. The summed E-state index contributed by atoms with van der Waals surface area (Å²) in [5.74, 6) is 1.58. The van der Waals surface area contributed by atoms with Gasteiger partial charge in [-0.15, -0.1) is 0 Å². The third kappa shape index (κ3) is 2.75. The summed E-state index contributed by atoms with van der Waals surface area (Å²) in [4.78, 5) is 23.7. The van der Waals surface area contributed by atoms with Gasteiger partial charge in [-0.2, -0.15) is 10.2 Å². The van der Waals surface area contributed by atoms with Crippen LogP contribution in [0.2, 0.25) is 0 Å². The van der Waals surface area contributed by atoms with Gasteiger partial charge in [0.2, 0.25) is 0 Å². The van der Waals surface area contributed by atoms with E-state index in [9.17, 15) is 4.79 Å². The number of carbonyl (C=O) groups excluding carboxylic acids is 1. The van der Waals surface area contributed by atoms with E-state index in [1.165, 1.54) is 6.33 Å². The molecule has 134 valence electrons. The maximum atomic E-state index is 13.0. The van der Waals surface area contributed by atoms with Gasteiger partial charge in [-0.3, -0.25) is 4.79 Å². The number of nitrogens with zero attached hydrogens (tertiary/aromatic N) is 7. The Bertz CT molecular complexity index is 1090. The molecule has 1 aliphatic heterocycles. The molecule has 1 aliphatic rings. The van der Waals surface area contributed by atoms with Gasteiger partial charge in [-0.25, -0.2) is 19.2 Å². The lowest BCUT2D eigenvalue weighted by Gasteiger charge is -2.20. The highest BCUT2D eigenvalue weighted by Crippen LogP contribution is 2.18. The van der Waals surface area contributed by atoms with Gasteiger partial charge in [0.1, 0.15) is 17.8 Å². The Morgan fingerprint density at radius 3 is 2.74 bits per heavy atom. The van der Waals surface area contributed by atoms with Crippen LogP contribution in [0.3, 0.4) is 0 Å². The fourth-order valence-electron chi connectivity index (χ4n) is 3.38. The summed E-state index contributed by atoms with van der Waals surface area (Å²) in [6.45, 7) is 1.79. The van der Waals surface area contributed by atoms with Crippen molar-refractivity contribution in [2.24, 2.45) is 0 Å². The van der Waals surface area contributed by atoms with E-state index in [2.05, 4.69) is 20.2 Å². The molecule has 3 aromatic heterocycles. The van der Waals surface area contributed by atoms with Crippen molar-refractivity contribution in [1.82, 2.24) is 34.3 Å². The van der Waals surface area contributed by atoms with Crippen LogP contribution in [0.1, 0.15) is 16.3 Å². The highest BCUT2D eigenvalue weighted by molar-refractivity contribution is 5.93. The topological polar surface area (TPSA) is 81.2 Å². The number of amides is 1. The van der Waals surface area contributed by atoms with E-state index in [0.29, 0.717) is 37.4 Å². The second-order valence-corrected chi connectivity index (χ2v) is 6.42. The zero-order chi connectivity index (χ0) is 18.2. The third-order valence-corrected chi connectivity index (χ3v) is 4.78. The van der Waals surface area contributed by atoms with Crippen LogP contribution >= 0.6 is 0 Å². The second-order valence-electron chi connectivity index (χ2n) is 6.42. The number of hydrogen-bond acceptors (Lipinski definition) is 5. The molecule has 1 aromatic carbocycles. The third-order valence-electron chi connectivity index (χ3n) is 4.78. The number of aromatic nitrogens is 6. The minimum Gasteiger partial charge on any atom is -0.335 e. The van der Waals surface area contributed by atoms with Gasteiger partial charge in [-0.05, 0) is 12.1 Å². The molecule has 0 saturated heterocycles. The molecule has 5 rings (SSSR count). The molecule has 4 aromatic rings. The zero-order valence-electron chi connectivity index (χ0n) is 14.6. The summed E-state index contributed by atoms with van der Waals surface area (Å²) in [5, 5.41) is 8.79. The van der Waals surface area contributed by atoms with Crippen molar-refractivity contribution in [1.29, 1.82) is 0 Å². The molecule has 4 heterocycles. The van der Waals surface area contributed by atoms with Crippen LogP contribution in [0, 0.1) is 0 Å². The van der Waals surface area contributed by atoms with E-state index in [-0.39, 0.29) is 5.91 Å². The number of pyridine rings is 1. The van der Waals surface area contributed by atoms with E-state index in [4.69, 9.17) is 0 Å². The Balaban J connectivity index is 1.38. The first-order chi connectivity index (χ1) is 13.3. The molecular weight excluding hydrogens is 342 g/mol. The molecule has 0 aliphatic carbocycles. The number of benzene rings is 1. The maximum absolute atomic E-state index is 13.0. The molecule has 0 N–H and O–H groups in total. The second kappa shape index (κ2) is 6.31. The molecule has 0 spiro atoms. The molecule has 0 bridgehead atoms. The predicted octanol–water partition coefficient (Wildman–Crippen LogP) is 1.69. The summed E-state index contributed by atoms with van der Waals surface area (Å²) >= 11 is 0. The summed E-state index contributed by atoms with van der Waals surface area (Å²) in [6.07, 6.45) is 2.12. The molecule has 0 saturated carbocycles. The number of rotatable bonds is 2. The SMILES string of the molecule is O=C(c1cccc2ncnn12)N1CCc2nc(-c3ccccc3)nn2CC1. The van der Waals surface area contributed by atoms with Crippen LogP contribution in [0.25, 0.3) is 17.0 Å². The molecular formula is C19H17N7O. The quantitative estimate of drug-likeness (QED) is 0.544. The number of fused-ring (bicyclic) bond motifs is 2. The van der Waals surface area contributed by atoms with Gasteiger partial charge in [0.15, 0.2) is 11.5 Å². The highest BCUT2D eigenvalue weighted by Gasteiger charge is 2.23. The fourth-order valence-corrected chi connectivity index (χ4v) is 3.38. The van der Waals surface area contributed by atoms with Crippen molar-refractivity contribution in [3.05, 3.63) is 66.4 Å². The molecule has 0 radical (unpaired) electrons. The smallest absolute Gasteiger partial charge is 0.272 e. The van der Waals surface area contributed by atoms with Gasteiger partial charge in [0.25, 0.3) is 5.91 Å². The summed E-state index contributed by atoms with van der Waals surface area (Å²) in [7, 11) is 0. The van der Waals surface area contributed by atoms with Crippen LogP contribution in [-0.4, -0.2) is 53.3 Å². The van der Waals surface area contributed by atoms with E-state index < -0.39 is 0 Å². The maximum Gasteiger partial charge on any atom is 0.272 e. The Kier molecular flexibility index (Phi) is 3.67. The van der Waals surface area contributed by atoms with Crippen molar-refractivity contribution < 1.29 is 4.79 Å². The molecule has 0 unspecified atom stereocenters. The minimum absolute atomic E-state index is 0.0554. The Hall–Kier alpha value is -3.55. The van der Waals surface area contributed by atoms with Crippen LogP contribution in [-0.2, 0) is 13.0 Å². The van der Waals surface area contributed by atoms with Crippen LogP contribution in [0.5, 0.6) is 0 Å². The van der Waals surface area contributed by atoms with Crippen molar-refractivity contribution >= 4 is 11.6 Å². The lowest BCUT2D eigenvalue weighted by atomic mass is 10.2. The molecule has 27 heavy (non-hydrogen) atoms. The fraction of sp³-hybridized carbons (Fsp3) is 0.211. The molecule has 0 fully saturated rings. The highest BCUT2D eigenvalue weighted by atomic mass is 16.2. The molecule has 0 atom stereocenters. The first-order valence-corrected chi connectivity index (χ1v) is 8.87. The van der Waals surface area contributed by atoms with Crippen LogP contribution in [0.15, 0.2) is 54.9 Å². The summed E-state index contributed by atoms with van der Waals surface area (Å²) in [5.41, 5.74) is 2.18. The lowest BCUT2D eigenvalue weighted by Crippen LogP contribution is -2.35. The van der Waals surface area contributed by atoms with Gasteiger partial charge in [0.05, 0.1) is 6.54 Å². The van der Waals surface area contributed by atoms with E-state index >= 15 is 0 Å². The number of hydrogen-bond donors (Lipinski definition) is 0. The number of carbonyl (C=O) groups is 1. The van der Waals surface area contributed by atoms with Crippen molar-refractivity contribution in [2.75, 3.05) is 13.1 Å².